The van der Waals surface area contributed by atoms with Gasteiger partial charge in [0, 0.05) is 24.7 Å². The molecule has 0 bridgehead atoms. The summed E-state index contributed by atoms with van der Waals surface area (Å²) in [5.41, 5.74) is 0. The second-order valence-electron chi connectivity index (χ2n) is 2.86. The Bertz CT molecular complexity index is 94.1. The van der Waals surface area contributed by atoms with Gasteiger partial charge in [0.25, 0.3) is 0 Å². The van der Waals surface area contributed by atoms with Crippen LogP contribution in [0.1, 0.15) is 12.8 Å². The average molecular weight is 175 g/mol. The van der Waals surface area contributed by atoms with Gasteiger partial charge in [-0.25, -0.2) is 0 Å². The van der Waals surface area contributed by atoms with E-state index in [1.54, 1.807) is 7.11 Å². The third kappa shape index (κ3) is 3.99. The zero-order valence-corrected chi connectivity index (χ0v) is 7.95. The van der Waals surface area contributed by atoms with Gasteiger partial charge in [-0.15, -0.1) is 0 Å². The Balaban J connectivity index is 1.86. The summed E-state index contributed by atoms with van der Waals surface area (Å²) < 4.78 is 4.97. The summed E-state index contributed by atoms with van der Waals surface area (Å²) in [6.45, 7) is 2.10. The van der Waals surface area contributed by atoms with Crippen molar-refractivity contribution in [2.75, 3.05) is 31.8 Å². The molecule has 1 unspecified atom stereocenters. The van der Waals surface area contributed by atoms with Crippen LogP contribution in [0.3, 0.4) is 0 Å². The Morgan fingerprint density at radius 3 is 3.18 bits per heavy atom. The second kappa shape index (κ2) is 5.86. The highest BCUT2D eigenvalue weighted by Gasteiger charge is 2.12. The maximum atomic E-state index is 4.97. The highest BCUT2D eigenvalue weighted by Crippen LogP contribution is 2.11. The van der Waals surface area contributed by atoms with Gasteiger partial charge in [0.05, 0.1) is 6.61 Å². The van der Waals surface area contributed by atoms with Crippen molar-refractivity contribution in [3.8, 4) is 0 Å². The van der Waals surface area contributed by atoms with Crippen molar-refractivity contribution >= 4 is 11.8 Å². The van der Waals surface area contributed by atoms with Crippen LogP contribution in [-0.4, -0.2) is 37.8 Å². The first-order valence-corrected chi connectivity index (χ1v) is 5.39. The SMILES string of the molecule is COCCSCC1CCCN1. The van der Waals surface area contributed by atoms with E-state index < -0.39 is 0 Å². The molecule has 66 valence electrons. The fourth-order valence-corrected chi connectivity index (χ4v) is 2.29. The molecular formula is C8H17NOS. The molecular weight excluding hydrogens is 158 g/mol. The zero-order valence-electron chi connectivity index (χ0n) is 7.14. The fourth-order valence-electron chi connectivity index (χ4n) is 1.27. The lowest BCUT2D eigenvalue weighted by molar-refractivity contribution is 0.218. The highest BCUT2D eigenvalue weighted by molar-refractivity contribution is 7.99. The molecule has 0 aromatic heterocycles. The molecule has 0 aromatic carbocycles. The van der Waals surface area contributed by atoms with Gasteiger partial charge >= 0.3 is 0 Å². The van der Waals surface area contributed by atoms with E-state index in [4.69, 9.17) is 4.74 Å². The maximum absolute atomic E-state index is 4.97. The summed E-state index contributed by atoms with van der Waals surface area (Å²) in [5, 5.41) is 3.47. The lowest BCUT2D eigenvalue weighted by Crippen LogP contribution is -2.23. The normalized spacial score (nSPS) is 24.3. The van der Waals surface area contributed by atoms with Crippen molar-refractivity contribution < 1.29 is 4.74 Å². The molecule has 1 atom stereocenters. The topological polar surface area (TPSA) is 21.3 Å². The summed E-state index contributed by atoms with van der Waals surface area (Å²) in [6.07, 6.45) is 2.72. The fraction of sp³-hybridized carbons (Fsp3) is 1.00. The molecule has 0 aliphatic carbocycles. The number of thioether (sulfide) groups is 1. The zero-order chi connectivity index (χ0) is 7.94. The van der Waals surface area contributed by atoms with E-state index in [1.807, 2.05) is 11.8 Å². The molecule has 3 heteroatoms. The summed E-state index contributed by atoms with van der Waals surface area (Å²) in [6, 6.07) is 0.775. The van der Waals surface area contributed by atoms with Crippen LogP contribution in [0.2, 0.25) is 0 Å². The van der Waals surface area contributed by atoms with Crippen LogP contribution in [-0.2, 0) is 4.74 Å². The Morgan fingerprint density at radius 2 is 2.55 bits per heavy atom. The van der Waals surface area contributed by atoms with Crippen LogP contribution in [0.25, 0.3) is 0 Å². The minimum Gasteiger partial charge on any atom is -0.384 e. The molecule has 1 aliphatic heterocycles. The van der Waals surface area contributed by atoms with Crippen molar-refractivity contribution in [1.29, 1.82) is 0 Å². The first-order chi connectivity index (χ1) is 5.43. The average Bonchev–Trinajstić information content (AvgIpc) is 2.50. The van der Waals surface area contributed by atoms with Crippen molar-refractivity contribution in [1.82, 2.24) is 5.32 Å². The van der Waals surface area contributed by atoms with Gasteiger partial charge in [0.1, 0.15) is 0 Å². The third-order valence-electron chi connectivity index (χ3n) is 1.91. The number of ether oxygens (including phenoxy) is 1. The summed E-state index contributed by atoms with van der Waals surface area (Å²) >= 11 is 1.99. The van der Waals surface area contributed by atoms with Crippen molar-refractivity contribution in [3.63, 3.8) is 0 Å². The van der Waals surface area contributed by atoms with Crippen molar-refractivity contribution in [2.24, 2.45) is 0 Å². The Hall–Kier alpha value is 0.270. The van der Waals surface area contributed by atoms with E-state index in [1.165, 1.54) is 25.1 Å². The molecule has 11 heavy (non-hydrogen) atoms. The van der Waals surface area contributed by atoms with Crippen LogP contribution in [0.15, 0.2) is 0 Å². The van der Waals surface area contributed by atoms with Crippen molar-refractivity contribution in [2.45, 2.75) is 18.9 Å². The van der Waals surface area contributed by atoms with Crippen LogP contribution >= 0.6 is 11.8 Å². The van der Waals surface area contributed by atoms with E-state index in [0.29, 0.717) is 0 Å². The molecule has 0 radical (unpaired) electrons. The second-order valence-corrected chi connectivity index (χ2v) is 4.01. The van der Waals surface area contributed by atoms with Crippen LogP contribution < -0.4 is 5.32 Å². The molecule has 1 N–H and O–H groups in total. The van der Waals surface area contributed by atoms with Crippen LogP contribution in [0.4, 0.5) is 0 Å². The standard InChI is InChI=1S/C8H17NOS/c1-10-5-6-11-7-8-3-2-4-9-8/h8-9H,2-7H2,1H3. The van der Waals surface area contributed by atoms with E-state index in [2.05, 4.69) is 5.32 Å². The Kier molecular flexibility index (Phi) is 4.99. The lowest BCUT2D eigenvalue weighted by atomic mass is 10.3. The molecule has 0 saturated carbocycles. The Labute approximate surface area is 73.1 Å². The van der Waals surface area contributed by atoms with E-state index >= 15 is 0 Å². The van der Waals surface area contributed by atoms with Gasteiger partial charge in [-0.3, -0.25) is 0 Å². The largest absolute Gasteiger partial charge is 0.384 e. The quantitative estimate of drug-likeness (QED) is 0.633. The lowest BCUT2D eigenvalue weighted by Gasteiger charge is -2.08. The number of hydrogen-bond acceptors (Lipinski definition) is 3. The molecule has 1 rings (SSSR count). The number of nitrogens with one attached hydrogen (secondary N) is 1. The maximum Gasteiger partial charge on any atom is 0.0552 e. The minimum atomic E-state index is 0.775. The molecule has 0 spiro atoms. The smallest absolute Gasteiger partial charge is 0.0552 e. The van der Waals surface area contributed by atoms with Crippen LogP contribution in [0, 0.1) is 0 Å². The Morgan fingerprint density at radius 1 is 1.64 bits per heavy atom. The third-order valence-corrected chi connectivity index (χ3v) is 3.01. The van der Waals surface area contributed by atoms with E-state index in [9.17, 15) is 0 Å². The summed E-state index contributed by atoms with van der Waals surface area (Å²) in [4.78, 5) is 0. The number of rotatable bonds is 5. The molecule has 0 aromatic rings. The number of methoxy groups -OCH3 is 1. The van der Waals surface area contributed by atoms with E-state index in [-0.39, 0.29) is 0 Å². The first kappa shape index (κ1) is 9.36. The molecule has 1 saturated heterocycles. The predicted molar refractivity (Wildman–Crippen MR) is 50.2 cm³/mol. The molecule has 1 aliphatic rings. The van der Waals surface area contributed by atoms with Gasteiger partial charge in [0.2, 0.25) is 0 Å². The number of hydrogen-bond donors (Lipinski definition) is 1. The van der Waals surface area contributed by atoms with Crippen molar-refractivity contribution in [3.05, 3.63) is 0 Å². The van der Waals surface area contributed by atoms with Crippen LogP contribution in [0.5, 0.6) is 0 Å². The molecule has 1 heterocycles. The monoisotopic (exact) mass is 175 g/mol. The van der Waals surface area contributed by atoms with E-state index in [0.717, 1.165) is 18.4 Å². The van der Waals surface area contributed by atoms with Gasteiger partial charge in [-0.05, 0) is 19.4 Å². The minimum absolute atomic E-state index is 0.775. The molecule has 2 nitrogen and oxygen atoms in total. The van der Waals surface area contributed by atoms with Gasteiger partial charge in [-0.2, -0.15) is 11.8 Å². The summed E-state index contributed by atoms with van der Waals surface area (Å²) in [5.74, 6) is 2.39. The first-order valence-electron chi connectivity index (χ1n) is 4.23. The van der Waals surface area contributed by atoms with Gasteiger partial charge < -0.3 is 10.1 Å². The molecule has 1 fully saturated rings. The van der Waals surface area contributed by atoms with Gasteiger partial charge in [-0.1, -0.05) is 0 Å². The highest BCUT2D eigenvalue weighted by atomic mass is 32.2. The molecule has 0 amide bonds. The van der Waals surface area contributed by atoms with Gasteiger partial charge in [0.15, 0.2) is 0 Å². The predicted octanol–water partition coefficient (Wildman–Crippen LogP) is 1.12. The summed E-state index contributed by atoms with van der Waals surface area (Å²) in [7, 11) is 1.76.